The van der Waals surface area contributed by atoms with E-state index in [0.29, 0.717) is 0 Å². The van der Waals surface area contributed by atoms with Crippen molar-refractivity contribution in [1.82, 2.24) is 5.32 Å². The normalized spacial score (nSPS) is 12.2. The fourth-order valence-electron chi connectivity index (χ4n) is 1.38. The third-order valence-electron chi connectivity index (χ3n) is 2.87. The second-order valence-electron chi connectivity index (χ2n) is 5.01. The topological polar surface area (TPSA) is 24.1 Å². The molecule has 0 aliphatic rings. The number of nitrogens with one attached hydrogen (secondary N) is 2. The Kier molecular flexibility index (Phi) is 5.27. The van der Waals surface area contributed by atoms with Crippen molar-refractivity contribution >= 4 is 34.6 Å². The Balaban J connectivity index is 2.87. The second-order valence-corrected chi connectivity index (χ2v) is 5.82. The first-order chi connectivity index (χ1) is 9.05. The van der Waals surface area contributed by atoms with Crippen LogP contribution in [0.2, 0.25) is 5.02 Å². The van der Waals surface area contributed by atoms with Crippen LogP contribution in [0.4, 0.5) is 18.9 Å². The van der Waals surface area contributed by atoms with Gasteiger partial charge in [-0.25, -0.2) is 0 Å². The van der Waals surface area contributed by atoms with Crippen LogP contribution < -0.4 is 10.6 Å². The number of hydrogen-bond donors (Lipinski definition) is 2. The van der Waals surface area contributed by atoms with E-state index in [9.17, 15) is 13.2 Å². The summed E-state index contributed by atoms with van der Waals surface area (Å²) in [4.78, 5) is 0. The third kappa shape index (κ3) is 4.83. The summed E-state index contributed by atoms with van der Waals surface area (Å²) in [6.45, 7) is 5.88. The van der Waals surface area contributed by atoms with Crippen LogP contribution in [0.3, 0.4) is 0 Å². The van der Waals surface area contributed by atoms with Crippen LogP contribution in [0.1, 0.15) is 32.8 Å². The molecule has 0 bridgehead atoms. The van der Waals surface area contributed by atoms with Gasteiger partial charge in [-0.15, -0.1) is 0 Å². The summed E-state index contributed by atoms with van der Waals surface area (Å²) in [6, 6.07) is 3.58. The molecule has 7 heteroatoms. The van der Waals surface area contributed by atoms with Gasteiger partial charge in [-0.2, -0.15) is 13.2 Å². The van der Waals surface area contributed by atoms with Crippen molar-refractivity contribution in [3.05, 3.63) is 28.8 Å². The Bertz CT molecular complexity index is 501. The second kappa shape index (κ2) is 6.18. The summed E-state index contributed by atoms with van der Waals surface area (Å²) in [5.74, 6) is 0. The summed E-state index contributed by atoms with van der Waals surface area (Å²) in [5, 5.41) is 5.70. The van der Waals surface area contributed by atoms with E-state index in [2.05, 4.69) is 10.6 Å². The maximum atomic E-state index is 12.7. The van der Waals surface area contributed by atoms with Gasteiger partial charge in [0.2, 0.25) is 0 Å². The van der Waals surface area contributed by atoms with Crippen LogP contribution in [0.15, 0.2) is 18.2 Å². The molecule has 112 valence electrons. The fraction of sp³-hybridized carbons (Fsp3) is 0.462. The van der Waals surface area contributed by atoms with Gasteiger partial charge in [0.15, 0.2) is 5.11 Å². The Morgan fingerprint density at radius 2 is 1.90 bits per heavy atom. The lowest BCUT2D eigenvalue weighted by molar-refractivity contribution is -0.137. The molecule has 0 saturated carbocycles. The molecular weight excluding hydrogens is 309 g/mol. The number of hydrogen-bond acceptors (Lipinski definition) is 1. The molecule has 0 heterocycles. The first-order valence-electron chi connectivity index (χ1n) is 6.01. The molecule has 0 aliphatic carbocycles. The Labute approximate surface area is 126 Å². The highest BCUT2D eigenvalue weighted by molar-refractivity contribution is 7.80. The summed E-state index contributed by atoms with van der Waals surface area (Å²) < 4.78 is 38.2. The monoisotopic (exact) mass is 324 g/mol. The van der Waals surface area contributed by atoms with Gasteiger partial charge in [0, 0.05) is 11.2 Å². The minimum Gasteiger partial charge on any atom is -0.358 e. The van der Waals surface area contributed by atoms with Crippen LogP contribution in [0, 0.1) is 0 Å². The summed E-state index contributed by atoms with van der Waals surface area (Å²) in [7, 11) is 0. The van der Waals surface area contributed by atoms with Crippen LogP contribution in [-0.4, -0.2) is 10.7 Å². The predicted molar refractivity (Wildman–Crippen MR) is 80.2 cm³/mol. The zero-order valence-electron chi connectivity index (χ0n) is 11.4. The molecule has 1 aromatic rings. The molecule has 0 amide bonds. The van der Waals surface area contributed by atoms with Crippen molar-refractivity contribution in [1.29, 1.82) is 0 Å². The molecule has 0 saturated heterocycles. The first-order valence-corrected chi connectivity index (χ1v) is 6.79. The average molecular weight is 325 g/mol. The van der Waals surface area contributed by atoms with Gasteiger partial charge in [0.25, 0.3) is 0 Å². The predicted octanol–water partition coefficient (Wildman–Crippen LogP) is 4.83. The Hall–Kier alpha value is -1.01. The molecule has 1 rings (SSSR count). The van der Waals surface area contributed by atoms with Gasteiger partial charge in [0.1, 0.15) is 0 Å². The summed E-state index contributed by atoms with van der Waals surface area (Å²) in [5.41, 5.74) is -0.878. The molecule has 2 N–H and O–H groups in total. The van der Waals surface area contributed by atoms with Gasteiger partial charge in [-0.3, -0.25) is 0 Å². The van der Waals surface area contributed by atoms with Gasteiger partial charge >= 0.3 is 6.18 Å². The lowest BCUT2D eigenvalue weighted by atomic mass is 10.0. The molecule has 20 heavy (non-hydrogen) atoms. The van der Waals surface area contributed by atoms with E-state index >= 15 is 0 Å². The lowest BCUT2D eigenvalue weighted by Gasteiger charge is -2.26. The maximum Gasteiger partial charge on any atom is 0.417 e. The summed E-state index contributed by atoms with van der Waals surface area (Å²) in [6.07, 6.45) is -3.67. The van der Waals surface area contributed by atoms with Crippen LogP contribution in [0.25, 0.3) is 0 Å². The van der Waals surface area contributed by atoms with Crippen molar-refractivity contribution in [3.63, 3.8) is 0 Å². The Morgan fingerprint density at radius 1 is 1.30 bits per heavy atom. The van der Waals surface area contributed by atoms with Crippen LogP contribution in [0.5, 0.6) is 0 Å². The quantitative estimate of drug-likeness (QED) is 0.778. The van der Waals surface area contributed by atoms with Gasteiger partial charge < -0.3 is 10.6 Å². The van der Waals surface area contributed by atoms with E-state index in [1.54, 1.807) is 0 Å². The number of anilines is 1. The molecule has 0 aliphatic heterocycles. The molecule has 0 unspecified atom stereocenters. The molecule has 0 aromatic heterocycles. The van der Waals surface area contributed by atoms with Crippen LogP contribution in [-0.2, 0) is 6.18 Å². The van der Waals surface area contributed by atoms with E-state index < -0.39 is 11.7 Å². The zero-order valence-corrected chi connectivity index (χ0v) is 12.9. The minimum atomic E-state index is -4.49. The number of alkyl halides is 3. The van der Waals surface area contributed by atoms with Crippen molar-refractivity contribution in [2.24, 2.45) is 0 Å². The largest absolute Gasteiger partial charge is 0.417 e. The number of benzene rings is 1. The molecule has 0 radical (unpaired) electrons. The van der Waals surface area contributed by atoms with Gasteiger partial charge in [0.05, 0.1) is 10.6 Å². The molecule has 0 fully saturated rings. The average Bonchev–Trinajstić information content (AvgIpc) is 2.29. The van der Waals surface area contributed by atoms with E-state index in [1.165, 1.54) is 12.1 Å². The standard InChI is InChI=1S/C13H16ClF3N2S/c1-4-12(2,3)19-11(20)18-8-5-6-10(14)9(7-8)13(15,16)17/h5-7H,4H2,1-3H3,(H2,18,19,20). The summed E-state index contributed by atoms with van der Waals surface area (Å²) >= 11 is 10.6. The minimum absolute atomic E-state index is 0.233. The van der Waals surface area contributed by atoms with E-state index in [0.717, 1.165) is 12.5 Å². The van der Waals surface area contributed by atoms with Crippen molar-refractivity contribution in [3.8, 4) is 0 Å². The highest BCUT2D eigenvalue weighted by Crippen LogP contribution is 2.36. The van der Waals surface area contributed by atoms with Gasteiger partial charge in [-0.05, 0) is 50.7 Å². The number of halogens is 4. The molecule has 0 spiro atoms. The van der Waals surface area contributed by atoms with Crippen molar-refractivity contribution < 1.29 is 13.2 Å². The molecule has 2 nitrogen and oxygen atoms in total. The number of rotatable bonds is 3. The molecule has 0 atom stereocenters. The highest BCUT2D eigenvalue weighted by atomic mass is 35.5. The highest BCUT2D eigenvalue weighted by Gasteiger charge is 2.33. The number of thiocarbonyl (C=S) groups is 1. The van der Waals surface area contributed by atoms with E-state index in [-0.39, 0.29) is 21.4 Å². The third-order valence-corrected chi connectivity index (χ3v) is 3.40. The van der Waals surface area contributed by atoms with E-state index in [1.807, 2.05) is 20.8 Å². The smallest absolute Gasteiger partial charge is 0.358 e. The van der Waals surface area contributed by atoms with Crippen molar-refractivity contribution in [2.45, 2.75) is 38.9 Å². The first kappa shape index (κ1) is 17.0. The fourth-order valence-corrected chi connectivity index (χ4v) is 2.00. The van der Waals surface area contributed by atoms with Gasteiger partial charge in [-0.1, -0.05) is 18.5 Å². The van der Waals surface area contributed by atoms with Crippen molar-refractivity contribution in [2.75, 3.05) is 5.32 Å². The molecule has 1 aromatic carbocycles. The molecular formula is C13H16ClF3N2S. The zero-order chi connectivity index (χ0) is 15.6. The SMILES string of the molecule is CCC(C)(C)NC(=S)Nc1ccc(Cl)c(C(F)(F)F)c1. The van der Waals surface area contributed by atoms with Crippen LogP contribution >= 0.6 is 23.8 Å². The Morgan fingerprint density at radius 3 is 2.40 bits per heavy atom. The lowest BCUT2D eigenvalue weighted by Crippen LogP contribution is -2.44. The van der Waals surface area contributed by atoms with E-state index in [4.69, 9.17) is 23.8 Å². The maximum absolute atomic E-state index is 12.7.